The van der Waals surface area contributed by atoms with Crippen LogP contribution in [0.3, 0.4) is 0 Å². The highest BCUT2D eigenvalue weighted by atomic mass is 16.3. The maximum Gasteiger partial charge on any atom is 0.253 e. The first-order valence-corrected chi connectivity index (χ1v) is 9.06. The van der Waals surface area contributed by atoms with E-state index in [0.29, 0.717) is 18.0 Å². The Hall–Kier alpha value is -2.14. The molecular weight excluding hydrogens is 314 g/mol. The van der Waals surface area contributed by atoms with Gasteiger partial charge in [-0.25, -0.2) is 4.98 Å². The molecule has 1 heterocycles. The molecule has 1 aromatic carbocycles. The molecule has 0 bridgehead atoms. The zero-order valence-electron chi connectivity index (χ0n) is 15.1. The summed E-state index contributed by atoms with van der Waals surface area (Å²) >= 11 is 0. The Kier molecular flexibility index (Phi) is 5.53. The van der Waals surface area contributed by atoms with Gasteiger partial charge in [-0.15, -0.1) is 0 Å². The van der Waals surface area contributed by atoms with E-state index in [1.54, 1.807) is 25.2 Å². The van der Waals surface area contributed by atoms with Crippen LogP contribution in [0.2, 0.25) is 0 Å². The van der Waals surface area contributed by atoms with E-state index in [1.165, 1.54) is 19.3 Å². The van der Waals surface area contributed by atoms with Gasteiger partial charge in [-0.3, -0.25) is 4.79 Å². The fourth-order valence-electron chi connectivity index (χ4n) is 3.59. The van der Waals surface area contributed by atoms with Gasteiger partial charge in [0.15, 0.2) is 0 Å². The van der Waals surface area contributed by atoms with Gasteiger partial charge in [0.1, 0.15) is 11.9 Å². The highest BCUT2D eigenvalue weighted by molar-refractivity contribution is 5.93. The van der Waals surface area contributed by atoms with Crippen molar-refractivity contribution in [1.29, 1.82) is 0 Å². The Morgan fingerprint density at radius 1 is 1.24 bits per heavy atom. The van der Waals surface area contributed by atoms with Crippen molar-refractivity contribution in [2.45, 2.75) is 44.8 Å². The topological polar surface area (TPSA) is 58.4 Å². The third-order valence-corrected chi connectivity index (χ3v) is 5.07. The summed E-state index contributed by atoms with van der Waals surface area (Å²) in [7, 11) is 3.50. The summed E-state index contributed by atoms with van der Waals surface area (Å²) in [5.74, 6) is 1.07. The molecule has 1 atom stereocenters. The van der Waals surface area contributed by atoms with E-state index in [9.17, 15) is 9.90 Å². The van der Waals surface area contributed by atoms with Gasteiger partial charge in [-0.2, -0.15) is 0 Å². The van der Waals surface area contributed by atoms with E-state index in [4.69, 9.17) is 0 Å². The third-order valence-electron chi connectivity index (χ3n) is 5.07. The Labute approximate surface area is 149 Å². The Balaban J connectivity index is 1.71. The molecule has 1 aromatic heterocycles. The molecule has 1 unspecified atom stereocenters. The van der Waals surface area contributed by atoms with Crippen LogP contribution in [-0.4, -0.2) is 39.6 Å². The van der Waals surface area contributed by atoms with Crippen LogP contribution in [0.25, 0.3) is 0 Å². The van der Waals surface area contributed by atoms with E-state index in [-0.39, 0.29) is 5.91 Å². The molecular formula is C20H27N3O2. The summed E-state index contributed by atoms with van der Waals surface area (Å²) in [6.45, 7) is 0.648. The van der Waals surface area contributed by atoms with Crippen molar-refractivity contribution in [2.75, 3.05) is 14.1 Å². The summed E-state index contributed by atoms with van der Waals surface area (Å²) in [4.78, 5) is 18.0. The summed E-state index contributed by atoms with van der Waals surface area (Å²) in [6.07, 6.45) is 9.00. The fourth-order valence-corrected chi connectivity index (χ4v) is 3.59. The van der Waals surface area contributed by atoms with E-state index in [1.807, 2.05) is 35.0 Å². The Morgan fingerprint density at radius 3 is 2.56 bits per heavy atom. The predicted molar refractivity (Wildman–Crippen MR) is 97.3 cm³/mol. The number of hydrogen-bond donors (Lipinski definition) is 1. The number of carbonyl (C=O) groups excluding carboxylic acids is 1. The number of carbonyl (C=O) groups is 1. The molecule has 1 saturated carbocycles. The monoisotopic (exact) mass is 341 g/mol. The number of hydrogen-bond acceptors (Lipinski definition) is 3. The highest BCUT2D eigenvalue weighted by Crippen LogP contribution is 2.33. The lowest BCUT2D eigenvalue weighted by Crippen LogP contribution is -2.21. The van der Waals surface area contributed by atoms with Crippen molar-refractivity contribution in [3.05, 3.63) is 53.6 Å². The molecule has 1 fully saturated rings. The van der Waals surface area contributed by atoms with Gasteiger partial charge in [0.05, 0.1) is 0 Å². The van der Waals surface area contributed by atoms with Gasteiger partial charge in [-0.1, -0.05) is 31.4 Å². The van der Waals surface area contributed by atoms with Gasteiger partial charge in [-0.05, 0) is 36.5 Å². The van der Waals surface area contributed by atoms with Crippen LogP contribution in [0.4, 0.5) is 0 Å². The Morgan fingerprint density at radius 2 is 1.92 bits per heavy atom. The molecule has 1 N–H and O–H groups in total. The lowest BCUT2D eigenvalue weighted by atomic mass is 9.85. The summed E-state index contributed by atoms with van der Waals surface area (Å²) < 4.78 is 2.02. The maximum atomic E-state index is 12.0. The number of imidazole rings is 1. The molecule has 0 aliphatic heterocycles. The van der Waals surface area contributed by atoms with Gasteiger partial charge in [0.2, 0.25) is 0 Å². The third kappa shape index (κ3) is 4.10. The largest absolute Gasteiger partial charge is 0.385 e. The molecule has 1 aliphatic rings. The van der Waals surface area contributed by atoms with E-state index < -0.39 is 6.10 Å². The zero-order chi connectivity index (χ0) is 17.8. The average Bonchev–Trinajstić information content (AvgIpc) is 3.10. The van der Waals surface area contributed by atoms with Crippen molar-refractivity contribution in [3.63, 3.8) is 0 Å². The molecule has 0 saturated heterocycles. The standard InChI is InChI=1S/C20H27N3O2/c1-22(2)20(25)17-10-8-15(9-11-17)14-23-13-12-21-19(23)18(24)16-6-4-3-5-7-16/h8-13,16,18,24H,3-7,14H2,1-2H3. The first-order valence-electron chi connectivity index (χ1n) is 9.06. The minimum atomic E-state index is -0.495. The molecule has 0 radical (unpaired) electrons. The lowest BCUT2D eigenvalue weighted by Gasteiger charge is -2.26. The zero-order valence-corrected chi connectivity index (χ0v) is 15.1. The number of benzene rings is 1. The van der Waals surface area contributed by atoms with Crippen molar-refractivity contribution in [1.82, 2.24) is 14.5 Å². The van der Waals surface area contributed by atoms with Crippen molar-refractivity contribution in [2.24, 2.45) is 5.92 Å². The fraction of sp³-hybridized carbons (Fsp3) is 0.500. The minimum absolute atomic E-state index is 0.00240. The lowest BCUT2D eigenvalue weighted by molar-refractivity contribution is 0.0743. The van der Waals surface area contributed by atoms with Gasteiger partial charge >= 0.3 is 0 Å². The quantitative estimate of drug-likeness (QED) is 0.908. The first kappa shape index (κ1) is 17.7. The van der Waals surface area contributed by atoms with Crippen LogP contribution in [0.5, 0.6) is 0 Å². The second-order valence-electron chi connectivity index (χ2n) is 7.15. The predicted octanol–water partition coefficient (Wildman–Crippen LogP) is 3.25. The second-order valence-corrected chi connectivity index (χ2v) is 7.15. The second kappa shape index (κ2) is 7.83. The number of aliphatic hydroxyl groups excluding tert-OH is 1. The van der Waals surface area contributed by atoms with Gasteiger partial charge in [0.25, 0.3) is 5.91 Å². The number of aliphatic hydroxyl groups is 1. The molecule has 2 aromatic rings. The van der Waals surface area contributed by atoms with E-state index in [0.717, 1.165) is 24.2 Å². The van der Waals surface area contributed by atoms with E-state index >= 15 is 0 Å². The van der Waals surface area contributed by atoms with Crippen LogP contribution in [0, 0.1) is 5.92 Å². The molecule has 0 spiro atoms. The van der Waals surface area contributed by atoms with Crippen LogP contribution >= 0.6 is 0 Å². The van der Waals surface area contributed by atoms with Crippen molar-refractivity contribution >= 4 is 5.91 Å². The molecule has 3 rings (SSSR count). The normalized spacial score (nSPS) is 16.6. The molecule has 5 heteroatoms. The number of amides is 1. The highest BCUT2D eigenvalue weighted by Gasteiger charge is 2.26. The molecule has 1 amide bonds. The van der Waals surface area contributed by atoms with Crippen LogP contribution in [0.1, 0.15) is 60.0 Å². The SMILES string of the molecule is CN(C)C(=O)c1ccc(Cn2ccnc2C(O)C2CCCCC2)cc1. The van der Waals surface area contributed by atoms with Crippen LogP contribution in [-0.2, 0) is 6.54 Å². The van der Waals surface area contributed by atoms with Crippen molar-refractivity contribution in [3.8, 4) is 0 Å². The van der Waals surface area contributed by atoms with Crippen molar-refractivity contribution < 1.29 is 9.90 Å². The summed E-state index contributed by atoms with van der Waals surface area (Å²) in [5, 5.41) is 10.7. The smallest absolute Gasteiger partial charge is 0.253 e. The molecule has 5 nitrogen and oxygen atoms in total. The molecule has 25 heavy (non-hydrogen) atoms. The minimum Gasteiger partial charge on any atom is -0.385 e. The molecule has 134 valence electrons. The van der Waals surface area contributed by atoms with E-state index in [2.05, 4.69) is 4.98 Å². The molecule has 1 aliphatic carbocycles. The first-order chi connectivity index (χ1) is 12.1. The number of aromatic nitrogens is 2. The summed E-state index contributed by atoms with van der Waals surface area (Å²) in [6, 6.07) is 7.64. The number of nitrogens with zero attached hydrogens (tertiary/aromatic N) is 3. The summed E-state index contributed by atoms with van der Waals surface area (Å²) in [5.41, 5.74) is 1.77. The van der Waals surface area contributed by atoms with Gasteiger partial charge < -0.3 is 14.6 Å². The van der Waals surface area contributed by atoms with Gasteiger partial charge in [0, 0.05) is 38.6 Å². The Bertz CT molecular complexity index is 700. The van der Waals surface area contributed by atoms with Crippen LogP contribution in [0.15, 0.2) is 36.7 Å². The number of rotatable bonds is 5. The van der Waals surface area contributed by atoms with Crippen LogP contribution < -0.4 is 0 Å². The maximum absolute atomic E-state index is 12.0. The average molecular weight is 341 g/mol.